The van der Waals surface area contributed by atoms with Crippen LogP contribution in [0.1, 0.15) is 0 Å². The van der Waals surface area contributed by atoms with Gasteiger partial charge in [0.2, 0.25) is 0 Å². The number of aliphatic carboxylic acids is 1. The smallest absolute Gasteiger partial charge is 0.343 e. The van der Waals surface area contributed by atoms with Crippen LogP contribution in [0.4, 0.5) is 8.78 Å². The van der Waals surface area contributed by atoms with Gasteiger partial charge in [-0.3, -0.25) is 0 Å². The van der Waals surface area contributed by atoms with Crippen molar-refractivity contribution in [2.24, 2.45) is 0 Å². The Morgan fingerprint density at radius 1 is 1.82 bits per heavy atom. The number of thioether (sulfide) groups is 1. The third-order valence-electron chi connectivity index (χ3n) is 1.11. The van der Waals surface area contributed by atoms with Crippen LogP contribution in [0.5, 0.6) is 0 Å². The second-order valence-electron chi connectivity index (χ2n) is 1.86. The monoisotopic (exact) mass is 181 g/mol. The van der Waals surface area contributed by atoms with Crippen molar-refractivity contribution in [1.82, 2.24) is 4.90 Å². The number of carboxylic acids is 1. The van der Waals surface area contributed by atoms with Gasteiger partial charge < -0.3 is 10.0 Å². The van der Waals surface area contributed by atoms with Crippen LogP contribution in [0, 0.1) is 0 Å². The maximum absolute atomic E-state index is 11.9. The van der Waals surface area contributed by atoms with E-state index in [2.05, 4.69) is 0 Å². The standard InChI is InChI=1S/C5H5F2NO2S/c6-5(7)8-1-3(4(9)10)11-2-8/h1,5H,2H2,(H,9,10). The molecule has 0 aromatic heterocycles. The Kier molecular flexibility index (Phi) is 2.33. The van der Waals surface area contributed by atoms with Crippen molar-refractivity contribution in [2.45, 2.75) is 6.55 Å². The van der Waals surface area contributed by atoms with Gasteiger partial charge >= 0.3 is 12.5 Å². The molecule has 11 heavy (non-hydrogen) atoms. The van der Waals surface area contributed by atoms with Crippen molar-refractivity contribution in [1.29, 1.82) is 0 Å². The van der Waals surface area contributed by atoms with Gasteiger partial charge in [-0.2, -0.15) is 8.78 Å². The van der Waals surface area contributed by atoms with Gasteiger partial charge in [-0.15, -0.1) is 0 Å². The fourth-order valence-corrected chi connectivity index (χ4v) is 1.41. The van der Waals surface area contributed by atoms with Gasteiger partial charge in [0.15, 0.2) is 0 Å². The largest absolute Gasteiger partial charge is 0.477 e. The Hall–Kier alpha value is -0.780. The zero-order valence-electron chi connectivity index (χ0n) is 5.33. The lowest BCUT2D eigenvalue weighted by Gasteiger charge is -2.10. The third kappa shape index (κ3) is 1.83. The molecule has 0 unspecified atom stereocenters. The molecule has 0 aromatic rings. The van der Waals surface area contributed by atoms with Crippen LogP contribution in [0.3, 0.4) is 0 Å². The number of rotatable bonds is 2. The van der Waals surface area contributed by atoms with E-state index < -0.39 is 12.5 Å². The van der Waals surface area contributed by atoms with Crippen LogP contribution in [0.2, 0.25) is 0 Å². The van der Waals surface area contributed by atoms with Crippen LogP contribution in [-0.4, -0.2) is 28.4 Å². The van der Waals surface area contributed by atoms with Crippen LogP contribution < -0.4 is 0 Å². The highest BCUT2D eigenvalue weighted by molar-refractivity contribution is 8.04. The van der Waals surface area contributed by atoms with E-state index in [-0.39, 0.29) is 10.8 Å². The highest BCUT2D eigenvalue weighted by atomic mass is 32.2. The number of hydrogen-bond acceptors (Lipinski definition) is 3. The summed E-state index contributed by atoms with van der Waals surface area (Å²) in [5.74, 6) is -1.14. The third-order valence-corrected chi connectivity index (χ3v) is 2.13. The van der Waals surface area contributed by atoms with Gasteiger partial charge in [0, 0.05) is 6.20 Å². The number of hydrogen-bond donors (Lipinski definition) is 1. The number of nitrogens with zero attached hydrogens (tertiary/aromatic N) is 1. The Labute approximate surface area is 65.7 Å². The normalized spacial score (nSPS) is 17.4. The summed E-state index contributed by atoms with van der Waals surface area (Å²) >= 11 is 0.894. The van der Waals surface area contributed by atoms with E-state index in [4.69, 9.17) is 5.11 Å². The molecule has 0 saturated heterocycles. The molecule has 0 spiro atoms. The summed E-state index contributed by atoms with van der Waals surface area (Å²) < 4.78 is 23.7. The summed E-state index contributed by atoms with van der Waals surface area (Å²) in [7, 11) is 0. The SMILES string of the molecule is O=C(O)C1=CN(C(F)F)CS1. The maximum Gasteiger partial charge on any atom is 0.343 e. The second kappa shape index (κ2) is 3.08. The van der Waals surface area contributed by atoms with Gasteiger partial charge in [0.05, 0.1) is 5.88 Å². The molecule has 0 aromatic carbocycles. The minimum atomic E-state index is -2.61. The summed E-state index contributed by atoms with van der Waals surface area (Å²) in [6.45, 7) is -2.61. The number of carboxylic acid groups (broad SMARTS) is 1. The first-order valence-corrected chi connectivity index (χ1v) is 3.71. The lowest BCUT2D eigenvalue weighted by molar-refractivity contribution is -0.131. The molecule has 0 aliphatic carbocycles. The van der Waals surface area contributed by atoms with Crippen LogP contribution in [0.15, 0.2) is 11.1 Å². The molecule has 0 radical (unpaired) electrons. The van der Waals surface area contributed by atoms with E-state index in [9.17, 15) is 13.6 Å². The summed E-state index contributed by atoms with van der Waals surface area (Å²) in [5.41, 5.74) is 0. The first-order chi connectivity index (χ1) is 5.11. The average molecular weight is 181 g/mol. The van der Waals surface area contributed by atoms with Gasteiger partial charge in [-0.1, -0.05) is 11.8 Å². The van der Waals surface area contributed by atoms with Gasteiger partial charge in [-0.25, -0.2) is 4.79 Å². The van der Waals surface area contributed by atoms with E-state index in [0.717, 1.165) is 18.0 Å². The quantitative estimate of drug-likeness (QED) is 0.648. The molecule has 0 amide bonds. The van der Waals surface area contributed by atoms with Crippen molar-refractivity contribution in [3.63, 3.8) is 0 Å². The number of alkyl halides is 2. The summed E-state index contributed by atoms with van der Waals surface area (Å²) in [6.07, 6.45) is 0.956. The predicted molar refractivity (Wildman–Crippen MR) is 36.0 cm³/mol. The fourth-order valence-electron chi connectivity index (χ4n) is 0.599. The zero-order chi connectivity index (χ0) is 8.43. The van der Waals surface area contributed by atoms with E-state index in [1.54, 1.807) is 0 Å². The predicted octanol–water partition coefficient (Wildman–Crippen LogP) is 1.14. The molecule has 0 fully saturated rings. The minimum Gasteiger partial charge on any atom is -0.477 e. The van der Waals surface area contributed by atoms with Crippen molar-refractivity contribution < 1.29 is 18.7 Å². The molecule has 1 heterocycles. The maximum atomic E-state index is 11.9. The van der Waals surface area contributed by atoms with Crippen molar-refractivity contribution >= 4 is 17.7 Å². The van der Waals surface area contributed by atoms with E-state index in [1.807, 2.05) is 0 Å². The van der Waals surface area contributed by atoms with Crippen molar-refractivity contribution in [3.8, 4) is 0 Å². The molecular formula is C5H5F2NO2S. The second-order valence-corrected chi connectivity index (χ2v) is 2.85. The van der Waals surface area contributed by atoms with Crippen molar-refractivity contribution in [2.75, 3.05) is 5.88 Å². The summed E-state index contributed by atoms with van der Waals surface area (Å²) in [6, 6.07) is 0. The van der Waals surface area contributed by atoms with Crippen LogP contribution in [0.25, 0.3) is 0 Å². The molecule has 1 N–H and O–H groups in total. The highest BCUT2D eigenvalue weighted by Crippen LogP contribution is 2.27. The molecule has 62 valence electrons. The molecule has 0 saturated carbocycles. The topological polar surface area (TPSA) is 40.5 Å². The van der Waals surface area contributed by atoms with Gasteiger partial charge in [0.1, 0.15) is 4.91 Å². The molecular weight excluding hydrogens is 176 g/mol. The molecule has 0 atom stereocenters. The van der Waals surface area contributed by atoms with Crippen molar-refractivity contribution in [3.05, 3.63) is 11.1 Å². The fraction of sp³-hybridized carbons (Fsp3) is 0.400. The van der Waals surface area contributed by atoms with Crippen LogP contribution >= 0.6 is 11.8 Å². The zero-order valence-corrected chi connectivity index (χ0v) is 6.15. The molecule has 3 nitrogen and oxygen atoms in total. The number of carbonyl (C=O) groups is 1. The summed E-state index contributed by atoms with van der Waals surface area (Å²) in [5, 5.41) is 8.35. The Morgan fingerprint density at radius 2 is 2.45 bits per heavy atom. The molecule has 0 bridgehead atoms. The lowest BCUT2D eigenvalue weighted by Crippen LogP contribution is -2.19. The van der Waals surface area contributed by atoms with E-state index in [0.29, 0.717) is 4.90 Å². The van der Waals surface area contributed by atoms with Gasteiger partial charge in [-0.05, 0) is 0 Å². The Balaban J connectivity index is 2.61. The average Bonchev–Trinajstić information content (AvgIpc) is 2.33. The Morgan fingerprint density at radius 3 is 2.73 bits per heavy atom. The Bertz CT molecular complexity index is 207. The molecule has 1 aliphatic heterocycles. The molecule has 6 heteroatoms. The van der Waals surface area contributed by atoms with Crippen LogP contribution in [-0.2, 0) is 4.79 Å². The summed E-state index contributed by atoms with van der Waals surface area (Å²) in [4.78, 5) is 10.8. The molecule has 1 aliphatic rings. The molecule has 1 rings (SSSR count). The first kappa shape index (κ1) is 8.32. The van der Waals surface area contributed by atoms with E-state index in [1.165, 1.54) is 0 Å². The highest BCUT2D eigenvalue weighted by Gasteiger charge is 2.23. The first-order valence-electron chi connectivity index (χ1n) is 2.73. The number of halogens is 2. The van der Waals surface area contributed by atoms with Gasteiger partial charge in [0.25, 0.3) is 0 Å². The minimum absolute atomic E-state index is 0.0132. The lowest BCUT2D eigenvalue weighted by atomic mass is 10.6. The van der Waals surface area contributed by atoms with E-state index >= 15 is 0 Å².